The summed E-state index contributed by atoms with van der Waals surface area (Å²) in [5.74, 6) is 4.47. The van der Waals surface area contributed by atoms with Crippen molar-refractivity contribution in [3.8, 4) is 0 Å². The summed E-state index contributed by atoms with van der Waals surface area (Å²) in [4.78, 5) is 11.4. The van der Waals surface area contributed by atoms with Gasteiger partial charge in [0.15, 0.2) is 5.54 Å². The molecule has 0 aromatic heterocycles. The summed E-state index contributed by atoms with van der Waals surface area (Å²) in [5.41, 5.74) is 6.01. The number of rotatable bonds is 3. The van der Waals surface area contributed by atoms with Crippen molar-refractivity contribution < 1.29 is 9.90 Å². The van der Waals surface area contributed by atoms with Crippen LogP contribution in [-0.2, 0) is 10.3 Å². The highest BCUT2D eigenvalue weighted by Gasteiger charge is 2.37. The summed E-state index contributed by atoms with van der Waals surface area (Å²) in [6.45, 7) is 9.39. The lowest BCUT2D eigenvalue weighted by molar-refractivity contribution is -0.144. The molecule has 0 bridgehead atoms. The highest BCUT2D eigenvalue weighted by Crippen LogP contribution is 2.31. The highest BCUT2D eigenvalue weighted by atomic mass is 16.4. The van der Waals surface area contributed by atoms with Crippen LogP contribution in [0.15, 0.2) is 6.07 Å². The number of aliphatic carboxylic acids is 1. The van der Waals surface area contributed by atoms with E-state index in [4.69, 9.17) is 5.84 Å². The minimum atomic E-state index is -1.26. The molecular weight excluding hydrogens is 216 g/mol. The summed E-state index contributed by atoms with van der Waals surface area (Å²) in [6, 6.07) is 2.06. The van der Waals surface area contributed by atoms with Crippen LogP contribution in [0.25, 0.3) is 0 Å². The molecule has 1 atom stereocenters. The Balaban J connectivity index is 3.65. The maximum Gasteiger partial charge on any atom is 0.329 e. The molecule has 1 aromatic carbocycles. The molecule has 1 aromatic rings. The largest absolute Gasteiger partial charge is 0.480 e. The van der Waals surface area contributed by atoms with Crippen molar-refractivity contribution in [2.45, 2.75) is 40.2 Å². The van der Waals surface area contributed by atoms with Crippen LogP contribution >= 0.6 is 0 Å². The molecule has 94 valence electrons. The topological polar surface area (TPSA) is 75.3 Å². The summed E-state index contributed by atoms with van der Waals surface area (Å²) in [6.07, 6.45) is 0. The van der Waals surface area contributed by atoms with Gasteiger partial charge in [0.2, 0.25) is 0 Å². The average molecular weight is 236 g/mol. The molecule has 4 nitrogen and oxygen atoms in total. The molecule has 1 unspecified atom stereocenters. The average Bonchev–Trinajstić information content (AvgIpc) is 2.26. The quantitative estimate of drug-likeness (QED) is 0.551. The summed E-state index contributed by atoms with van der Waals surface area (Å²) >= 11 is 0. The first kappa shape index (κ1) is 13.7. The Morgan fingerprint density at radius 2 is 1.65 bits per heavy atom. The first-order valence-electron chi connectivity index (χ1n) is 5.54. The zero-order valence-corrected chi connectivity index (χ0v) is 11.0. The molecule has 1 rings (SSSR count). The molecule has 4 heteroatoms. The van der Waals surface area contributed by atoms with E-state index in [9.17, 15) is 9.90 Å². The zero-order chi connectivity index (χ0) is 13.4. The van der Waals surface area contributed by atoms with Crippen molar-refractivity contribution >= 4 is 5.97 Å². The van der Waals surface area contributed by atoms with Crippen molar-refractivity contribution in [3.63, 3.8) is 0 Å². The van der Waals surface area contributed by atoms with E-state index in [0.717, 1.165) is 27.8 Å². The first-order valence-corrected chi connectivity index (χ1v) is 5.54. The molecule has 0 saturated heterocycles. The molecule has 0 aliphatic heterocycles. The van der Waals surface area contributed by atoms with Gasteiger partial charge < -0.3 is 5.11 Å². The second kappa shape index (κ2) is 4.47. The number of hydrazine groups is 1. The Morgan fingerprint density at radius 1 is 1.24 bits per heavy atom. The number of carboxylic acids is 1. The van der Waals surface area contributed by atoms with Gasteiger partial charge >= 0.3 is 5.97 Å². The van der Waals surface area contributed by atoms with Crippen LogP contribution in [0.3, 0.4) is 0 Å². The van der Waals surface area contributed by atoms with Gasteiger partial charge in [-0.1, -0.05) is 6.07 Å². The lowest BCUT2D eigenvalue weighted by Gasteiger charge is -2.29. The van der Waals surface area contributed by atoms with Gasteiger partial charge in [0.25, 0.3) is 0 Å². The van der Waals surface area contributed by atoms with Crippen LogP contribution in [0.2, 0.25) is 0 Å². The van der Waals surface area contributed by atoms with Gasteiger partial charge in [0, 0.05) is 0 Å². The van der Waals surface area contributed by atoms with Gasteiger partial charge in [0.05, 0.1) is 0 Å². The highest BCUT2D eigenvalue weighted by molar-refractivity contribution is 5.81. The summed E-state index contributed by atoms with van der Waals surface area (Å²) in [7, 11) is 0. The molecule has 0 saturated carbocycles. The fourth-order valence-electron chi connectivity index (χ4n) is 2.21. The first-order chi connectivity index (χ1) is 7.75. The normalized spacial score (nSPS) is 14.5. The lowest BCUT2D eigenvalue weighted by Crippen LogP contribution is -2.51. The number of nitrogens with two attached hydrogens (primary N) is 1. The molecule has 0 aliphatic carbocycles. The second-order valence-corrected chi connectivity index (χ2v) is 4.71. The van der Waals surface area contributed by atoms with E-state index in [0.29, 0.717) is 0 Å². The van der Waals surface area contributed by atoms with E-state index in [1.165, 1.54) is 0 Å². The molecule has 0 aliphatic rings. The summed E-state index contributed by atoms with van der Waals surface area (Å²) < 4.78 is 0. The van der Waals surface area contributed by atoms with Crippen LogP contribution in [-0.4, -0.2) is 11.1 Å². The fraction of sp³-hybridized carbons (Fsp3) is 0.462. The number of carboxylic acid groups (broad SMARTS) is 1. The molecule has 0 fully saturated rings. The third kappa shape index (κ3) is 2.06. The molecule has 0 spiro atoms. The van der Waals surface area contributed by atoms with Crippen LogP contribution in [0.1, 0.15) is 34.7 Å². The van der Waals surface area contributed by atoms with E-state index >= 15 is 0 Å². The maximum absolute atomic E-state index is 11.4. The van der Waals surface area contributed by atoms with Gasteiger partial charge in [-0.3, -0.25) is 5.84 Å². The van der Waals surface area contributed by atoms with E-state index < -0.39 is 11.5 Å². The third-order valence-corrected chi connectivity index (χ3v) is 3.58. The van der Waals surface area contributed by atoms with E-state index in [2.05, 4.69) is 11.5 Å². The fourth-order valence-corrected chi connectivity index (χ4v) is 2.21. The summed E-state index contributed by atoms with van der Waals surface area (Å²) in [5, 5.41) is 9.37. The Hall–Kier alpha value is -1.39. The van der Waals surface area contributed by atoms with Gasteiger partial charge in [-0.15, -0.1) is 0 Å². The van der Waals surface area contributed by atoms with E-state index in [1.807, 2.05) is 27.7 Å². The van der Waals surface area contributed by atoms with Gasteiger partial charge in [-0.05, 0) is 62.4 Å². The van der Waals surface area contributed by atoms with Crippen molar-refractivity contribution in [2.75, 3.05) is 0 Å². The smallest absolute Gasteiger partial charge is 0.329 e. The minimum absolute atomic E-state index is 0.755. The number of aryl methyl sites for hydroxylation is 2. The van der Waals surface area contributed by atoms with Crippen LogP contribution in [0.5, 0.6) is 0 Å². The number of carbonyl (C=O) groups is 1. The van der Waals surface area contributed by atoms with Gasteiger partial charge in [-0.2, -0.15) is 0 Å². The number of hydrogen-bond donors (Lipinski definition) is 3. The van der Waals surface area contributed by atoms with E-state index in [1.54, 1.807) is 6.92 Å². The van der Waals surface area contributed by atoms with E-state index in [-0.39, 0.29) is 0 Å². The predicted octanol–water partition coefficient (Wildman–Crippen LogP) is 1.68. The molecular formula is C13H20N2O2. The van der Waals surface area contributed by atoms with Crippen molar-refractivity contribution in [2.24, 2.45) is 5.84 Å². The Bertz CT molecular complexity index is 443. The number of hydrogen-bond acceptors (Lipinski definition) is 3. The maximum atomic E-state index is 11.4. The predicted molar refractivity (Wildman–Crippen MR) is 67.7 cm³/mol. The zero-order valence-electron chi connectivity index (χ0n) is 11.0. The van der Waals surface area contributed by atoms with Gasteiger partial charge in [0.1, 0.15) is 0 Å². The van der Waals surface area contributed by atoms with Crippen LogP contribution in [0, 0.1) is 27.7 Å². The molecule has 4 N–H and O–H groups in total. The van der Waals surface area contributed by atoms with Crippen molar-refractivity contribution in [3.05, 3.63) is 33.9 Å². The van der Waals surface area contributed by atoms with Crippen LogP contribution in [0.4, 0.5) is 0 Å². The van der Waals surface area contributed by atoms with Crippen molar-refractivity contribution in [1.82, 2.24) is 5.43 Å². The monoisotopic (exact) mass is 236 g/mol. The third-order valence-electron chi connectivity index (χ3n) is 3.58. The second-order valence-electron chi connectivity index (χ2n) is 4.71. The Kier molecular flexibility index (Phi) is 3.59. The number of benzene rings is 1. The molecule has 0 radical (unpaired) electrons. The SMILES string of the molecule is Cc1cc(C)c(C)c(C(C)(NN)C(=O)O)c1C. The molecule has 17 heavy (non-hydrogen) atoms. The van der Waals surface area contributed by atoms with Gasteiger partial charge in [-0.25, -0.2) is 10.2 Å². The minimum Gasteiger partial charge on any atom is -0.480 e. The molecule has 0 heterocycles. The lowest BCUT2D eigenvalue weighted by atomic mass is 9.82. The Labute approximate surface area is 102 Å². The standard InChI is InChI=1S/C13H20N2O2/c1-7-6-8(2)10(4)11(9(7)3)13(5,15-14)12(16)17/h6,15H,14H2,1-5H3,(H,16,17). The van der Waals surface area contributed by atoms with Crippen LogP contribution < -0.4 is 11.3 Å². The number of nitrogens with one attached hydrogen (secondary N) is 1. The van der Waals surface area contributed by atoms with Crippen molar-refractivity contribution in [1.29, 1.82) is 0 Å². The Morgan fingerprint density at radius 3 is 1.94 bits per heavy atom. The molecule has 0 amide bonds.